The first-order chi connectivity index (χ1) is 14.4. The summed E-state index contributed by atoms with van der Waals surface area (Å²) >= 11 is 0. The fraction of sp³-hybridized carbons (Fsp3) is 0. The van der Waals surface area contributed by atoms with E-state index in [9.17, 15) is 0 Å². The van der Waals surface area contributed by atoms with Crippen LogP contribution in [0.1, 0.15) is 0 Å². The smallest absolute Gasteiger partial charge is 0.101 e. The predicted molar refractivity (Wildman–Crippen MR) is 122 cm³/mol. The van der Waals surface area contributed by atoms with Crippen LogP contribution in [0.5, 0.6) is 0 Å². The van der Waals surface area contributed by atoms with Gasteiger partial charge in [-0.25, -0.2) is 4.68 Å². The number of hydrogen-bond donors (Lipinski definition) is 0. The molecular weight excluding hydrogens is 352 g/mol. The highest BCUT2D eigenvalue weighted by Crippen LogP contribution is 2.38. The van der Waals surface area contributed by atoms with Crippen molar-refractivity contribution in [3.63, 3.8) is 0 Å². The summed E-state index contributed by atoms with van der Waals surface area (Å²) in [6.07, 6.45) is 0. The van der Waals surface area contributed by atoms with Crippen molar-refractivity contribution in [1.82, 2.24) is 9.78 Å². The van der Waals surface area contributed by atoms with E-state index in [0.717, 1.165) is 22.5 Å². The fourth-order valence-corrected chi connectivity index (χ4v) is 4.27. The third kappa shape index (κ3) is 2.46. The fourth-order valence-electron chi connectivity index (χ4n) is 4.27. The third-order valence-corrected chi connectivity index (χ3v) is 5.60. The standard InChI is InChI=1S/C27H18N2/c1-3-10-21(11-4-1)27-26-24(29(28-27)22-12-5-2-6-13-22)18-17-20-16-15-19-9-7-8-14-23(19)25(20)26/h1-18H. The van der Waals surface area contributed by atoms with Crippen molar-refractivity contribution >= 4 is 32.4 Å². The maximum Gasteiger partial charge on any atom is 0.101 e. The summed E-state index contributed by atoms with van der Waals surface area (Å²) in [7, 11) is 0. The molecule has 2 nitrogen and oxygen atoms in total. The lowest BCUT2D eigenvalue weighted by molar-refractivity contribution is 0.915. The zero-order valence-electron chi connectivity index (χ0n) is 15.8. The van der Waals surface area contributed by atoms with Gasteiger partial charge in [0.2, 0.25) is 0 Å². The molecule has 6 aromatic rings. The summed E-state index contributed by atoms with van der Waals surface area (Å²) in [4.78, 5) is 0. The van der Waals surface area contributed by atoms with Gasteiger partial charge in [-0.3, -0.25) is 0 Å². The number of rotatable bonds is 2. The lowest BCUT2D eigenvalue weighted by atomic mass is 9.96. The molecule has 0 radical (unpaired) electrons. The summed E-state index contributed by atoms with van der Waals surface area (Å²) in [5, 5.41) is 11.3. The van der Waals surface area contributed by atoms with E-state index in [0.29, 0.717) is 0 Å². The number of aromatic nitrogens is 2. The molecule has 0 spiro atoms. The Balaban J connectivity index is 1.84. The van der Waals surface area contributed by atoms with Gasteiger partial charge in [0.25, 0.3) is 0 Å². The molecule has 0 saturated carbocycles. The van der Waals surface area contributed by atoms with Crippen LogP contribution in [-0.4, -0.2) is 9.78 Å². The summed E-state index contributed by atoms with van der Waals surface area (Å²) in [5.74, 6) is 0. The SMILES string of the molecule is c1ccc(-c2nn(-c3ccccc3)c3ccc4ccc5ccccc5c4c23)cc1. The average molecular weight is 370 g/mol. The van der Waals surface area contributed by atoms with E-state index in [1.807, 2.05) is 12.1 Å². The quantitative estimate of drug-likeness (QED) is 0.300. The van der Waals surface area contributed by atoms with Crippen LogP contribution in [0.15, 0.2) is 109 Å². The van der Waals surface area contributed by atoms with Gasteiger partial charge in [0, 0.05) is 16.3 Å². The third-order valence-electron chi connectivity index (χ3n) is 5.60. The van der Waals surface area contributed by atoms with E-state index in [1.54, 1.807) is 0 Å². The number of fused-ring (bicyclic) bond motifs is 5. The van der Waals surface area contributed by atoms with Crippen molar-refractivity contribution in [3.05, 3.63) is 109 Å². The molecule has 0 atom stereocenters. The molecule has 0 amide bonds. The Morgan fingerprint density at radius 1 is 0.517 bits per heavy atom. The minimum Gasteiger partial charge on any atom is -0.232 e. The Hall–Kier alpha value is -3.91. The lowest BCUT2D eigenvalue weighted by Gasteiger charge is -2.08. The van der Waals surface area contributed by atoms with Crippen LogP contribution in [0.2, 0.25) is 0 Å². The summed E-state index contributed by atoms with van der Waals surface area (Å²) < 4.78 is 2.07. The molecule has 0 aliphatic heterocycles. The highest BCUT2D eigenvalue weighted by molar-refractivity contribution is 6.23. The van der Waals surface area contributed by atoms with Gasteiger partial charge < -0.3 is 0 Å². The van der Waals surface area contributed by atoms with Gasteiger partial charge in [0.15, 0.2) is 0 Å². The summed E-state index contributed by atoms with van der Waals surface area (Å²) in [6, 6.07) is 38.3. The minimum absolute atomic E-state index is 1.02. The molecule has 0 unspecified atom stereocenters. The summed E-state index contributed by atoms with van der Waals surface area (Å²) in [6.45, 7) is 0. The van der Waals surface area contributed by atoms with Crippen molar-refractivity contribution in [1.29, 1.82) is 0 Å². The first kappa shape index (κ1) is 16.1. The zero-order chi connectivity index (χ0) is 19.2. The molecule has 0 N–H and O–H groups in total. The molecule has 1 aromatic heterocycles. The Kier molecular flexibility index (Phi) is 3.50. The molecule has 0 aliphatic carbocycles. The van der Waals surface area contributed by atoms with Crippen LogP contribution in [0.4, 0.5) is 0 Å². The Morgan fingerprint density at radius 2 is 1.17 bits per heavy atom. The normalized spacial score (nSPS) is 11.4. The number of nitrogens with zero attached hydrogens (tertiary/aromatic N) is 2. The van der Waals surface area contributed by atoms with Crippen LogP contribution in [0.25, 0.3) is 49.4 Å². The number of benzene rings is 5. The molecule has 5 aromatic carbocycles. The second kappa shape index (κ2) is 6.32. The monoisotopic (exact) mass is 370 g/mol. The van der Waals surface area contributed by atoms with Crippen molar-refractivity contribution in [2.45, 2.75) is 0 Å². The molecule has 0 fully saturated rings. The van der Waals surface area contributed by atoms with E-state index < -0.39 is 0 Å². The van der Waals surface area contributed by atoms with Crippen LogP contribution in [-0.2, 0) is 0 Å². The predicted octanol–water partition coefficient (Wildman–Crippen LogP) is 7.00. The van der Waals surface area contributed by atoms with Crippen molar-refractivity contribution in [3.8, 4) is 16.9 Å². The summed E-state index contributed by atoms with van der Waals surface area (Å²) in [5.41, 5.74) is 4.34. The van der Waals surface area contributed by atoms with Crippen LogP contribution < -0.4 is 0 Å². The first-order valence-electron chi connectivity index (χ1n) is 9.84. The number of hydrogen-bond acceptors (Lipinski definition) is 1. The average Bonchev–Trinajstić information content (AvgIpc) is 3.20. The molecule has 29 heavy (non-hydrogen) atoms. The van der Waals surface area contributed by atoms with E-state index in [1.165, 1.54) is 26.9 Å². The topological polar surface area (TPSA) is 17.8 Å². The highest BCUT2D eigenvalue weighted by atomic mass is 15.3. The van der Waals surface area contributed by atoms with Crippen LogP contribution in [0, 0.1) is 0 Å². The van der Waals surface area contributed by atoms with Gasteiger partial charge in [-0.05, 0) is 34.4 Å². The van der Waals surface area contributed by atoms with Gasteiger partial charge in [-0.15, -0.1) is 0 Å². The van der Waals surface area contributed by atoms with Crippen molar-refractivity contribution < 1.29 is 0 Å². The first-order valence-corrected chi connectivity index (χ1v) is 9.84. The molecular formula is C27H18N2. The van der Waals surface area contributed by atoms with Gasteiger partial charge in [0.05, 0.1) is 11.2 Å². The van der Waals surface area contributed by atoms with Gasteiger partial charge in [-0.1, -0.05) is 91.0 Å². The Bertz CT molecular complexity index is 1480. The van der Waals surface area contributed by atoms with E-state index in [-0.39, 0.29) is 0 Å². The maximum absolute atomic E-state index is 5.10. The van der Waals surface area contributed by atoms with E-state index >= 15 is 0 Å². The van der Waals surface area contributed by atoms with Gasteiger partial charge in [0.1, 0.15) is 5.69 Å². The Morgan fingerprint density at radius 3 is 2.00 bits per heavy atom. The minimum atomic E-state index is 1.02. The molecule has 2 heteroatoms. The second-order valence-corrected chi connectivity index (χ2v) is 7.31. The van der Waals surface area contributed by atoms with Crippen molar-refractivity contribution in [2.75, 3.05) is 0 Å². The highest BCUT2D eigenvalue weighted by Gasteiger charge is 2.17. The second-order valence-electron chi connectivity index (χ2n) is 7.31. The molecule has 6 rings (SSSR count). The molecule has 1 heterocycles. The number of para-hydroxylation sites is 1. The lowest BCUT2D eigenvalue weighted by Crippen LogP contribution is -1.95. The van der Waals surface area contributed by atoms with E-state index in [2.05, 4.69) is 102 Å². The Labute approximate surface area is 168 Å². The zero-order valence-corrected chi connectivity index (χ0v) is 15.8. The van der Waals surface area contributed by atoms with Gasteiger partial charge >= 0.3 is 0 Å². The molecule has 0 saturated heterocycles. The van der Waals surface area contributed by atoms with E-state index in [4.69, 9.17) is 5.10 Å². The van der Waals surface area contributed by atoms with Crippen molar-refractivity contribution in [2.24, 2.45) is 0 Å². The van der Waals surface area contributed by atoms with Crippen LogP contribution >= 0.6 is 0 Å². The van der Waals surface area contributed by atoms with Gasteiger partial charge in [-0.2, -0.15) is 5.10 Å². The maximum atomic E-state index is 5.10. The molecule has 136 valence electrons. The largest absolute Gasteiger partial charge is 0.232 e. The molecule has 0 aliphatic rings. The molecule has 0 bridgehead atoms. The van der Waals surface area contributed by atoms with Crippen LogP contribution in [0.3, 0.4) is 0 Å².